The second kappa shape index (κ2) is 9.18. The van der Waals surface area contributed by atoms with Crippen molar-refractivity contribution in [3.8, 4) is 5.75 Å². The molecular formula is C23H24N2O5S. The fourth-order valence-corrected chi connectivity index (χ4v) is 4.87. The molecule has 0 bridgehead atoms. The topological polar surface area (TPSA) is 94.5 Å². The van der Waals surface area contributed by atoms with Gasteiger partial charge in [0, 0.05) is 11.4 Å². The van der Waals surface area contributed by atoms with Crippen molar-refractivity contribution in [1.82, 2.24) is 4.57 Å². The van der Waals surface area contributed by atoms with E-state index in [1.807, 2.05) is 6.92 Å². The van der Waals surface area contributed by atoms with Crippen LogP contribution in [0.4, 0.5) is 5.69 Å². The van der Waals surface area contributed by atoms with Crippen LogP contribution in [0.5, 0.6) is 5.75 Å². The zero-order valence-corrected chi connectivity index (χ0v) is 18.4. The van der Waals surface area contributed by atoms with Crippen LogP contribution >= 0.6 is 0 Å². The summed E-state index contributed by atoms with van der Waals surface area (Å²) in [7, 11) is -4.02. The van der Waals surface area contributed by atoms with Crippen molar-refractivity contribution >= 4 is 21.4 Å². The molecule has 0 aliphatic heterocycles. The lowest BCUT2D eigenvalue weighted by molar-refractivity contribution is -0.116. The van der Waals surface area contributed by atoms with Crippen LogP contribution in [-0.2, 0) is 21.2 Å². The average Bonchev–Trinajstić information content (AvgIpc) is 2.73. The first kappa shape index (κ1) is 22.3. The molecule has 0 saturated carbocycles. The molecule has 2 aromatic carbocycles. The van der Waals surface area contributed by atoms with Crippen LogP contribution in [0.15, 0.2) is 75.2 Å². The van der Waals surface area contributed by atoms with E-state index in [9.17, 15) is 18.0 Å². The summed E-state index contributed by atoms with van der Waals surface area (Å²) in [5.74, 6) is 0.239. The van der Waals surface area contributed by atoms with E-state index in [4.69, 9.17) is 4.74 Å². The predicted molar refractivity (Wildman–Crippen MR) is 118 cm³/mol. The molecule has 162 valence electrons. The van der Waals surface area contributed by atoms with E-state index in [1.54, 1.807) is 62.4 Å². The van der Waals surface area contributed by atoms with E-state index in [1.165, 1.54) is 16.7 Å². The largest absolute Gasteiger partial charge is 0.494 e. The number of nitrogens with one attached hydrogen (secondary N) is 1. The molecule has 0 unspecified atom stereocenters. The van der Waals surface area contributed by atoms with Crippen molar-refractivity contribution in [2.45, 2.75) is 37.1 Å². The quantitative estimate of drug-likeness (QED) is 0.608. The maximum absolute atomic E-state index is 13.1. The Morgan fingerprint density at radius 2 is 1.68 bits per heavy atom. The van der Waals surface area contributed by atoms with E-state index in [0.717, 1.165) is 0 Å². The van der Waals surface area contributed by atoms with Crippen molar-refractivity contribution in [2.75, 3.05) is 11.9 Å². The van der Waals surface area contributed by atoms with Gasteiger partial charge in [0.15, 0.2) is 0 Å². The van der Waals surface area contributed by atoms with Gasteiger partial charge in [-0.15, -0.1) is 0 Å². The van der Waals surface area contributed by atoms with Gasteiger partial charge in [0.1, 0.15) is 17.2 Å². The number of ether oxygens (including phenoxy) is 1. The summed E-state index contributed by atoms with van der Waals surface area (Å²) in [4.78, 5) is 25.4. The SMILES string of the molecule is CCOc1ccc(NC(=O)Cn2c(C)cc(C)c(S(=O)(=O)c3ccccc3)c2=O)cc1. The number of hydrogen-bond donors (Lipinski definition) is 1. The molecule has 3 aromatic rings. The van der Waals surface area contributed by atoms with Gasteiger partial charge in [0.2, 0.25) is 15.7 Å². The minimum Gasteiger partial charge on any atom is -0.494 e. The second-order valence-electron chi connectivity index (χ2n) is 7.01. The fourth-order valence-electron chi connectivity index (χ4n) is 3.29. The van der Waals surface area contributed by atoms with Crippen LogP contribution in [0.25, 0.3) is 0 Å². The molecule has 3 rings (SSSR count). The highest BCUT2D eigenvalue weighted by atomic mass is 32.2. The van der Waals surface area contributed by atoms with E-state index in [-0.39, 0.29) is 16.3 Å². The minimum absolute atomic E-state index is 0.0319. The Kier molecular flexibility index (Phi) is 6.60. The second-order valence-corrected chi connectivity index (χ2v) is 8.90. The Hall–Kier alpha value is -3.39. The number of carbonyl (C=O) groups excluding carboxylic acids is 1. The smallest absolute Gasteiger partial charge is 0.270 e. The van der Waals surface area contributed by atoms with Gasteiger partial charge < -0.3 is 14.6 Å². The lowest BCUT2D eigenvalue weighted by Crippen LogP contribution is -2.33. The lowest BCUT2D eigenvalue weighted by atomic mass is 10.2. The average molecular weight is 441 g/mol. The maximum Gasteiger partial charge on any atom is 0.270 e. The molecule has 0 radical (unpaired) electrons. The molecular weight excluding hydrogens is 416 g/mol. The van der Waals surface area contributed by atoms with Crippen molar-refractivity contribution in [3.63, 3.8) is 0 Å². The Morgan fingerprint density at radius 1 is 1.03 bits per heavy atom. The number of aryl methyl sites for hydroxylation is 2. The van der Waals surface area contributed by atoms with Gasteiger partial charge in [-0.3, -0.25) is 9.59 Å². The lowest BCUT2D eigenvalue weighted by Gasteiger charge is -2.15. The monoisotopic (exact) mass is 440 g/mol. The van der Waals surface area contributed by atoms with Crippen molar-refractivity contribution in [1.29, 1.82) is 0 Å². The van der Waals surface area contributed by atoms with Crippen molar-refractivity contribution in [3.05, 3.63) is 82.3 Å². The Labute approximate surface area is 181 Å². The third-order valence-electron chi connectivity index (χ3n) is 4.72. The summed E-state index contributed by atoms with van der Waals surface area (Å²) in [6.45, 7) is 5.35. The number of rotatable bonds is 7. The van der Waals surface area contributed by atoms with Gasteiger partial charge in [-0.25, -0.2) is 8.42 Å². The van der Waals surface area contributed by atoms with Crippen LogP contribution in [0.1, 0.15) is 18.2 Å². The van der Waals surface area contributed by atoms with Crippen LogP contribution in [0.2, 0.25) is 0 Å². The molecule has 0 aliphatic carbocycles. The molecule has 1 heterocycles. The number of sulfone groups is 1. The molecule has 8 heteroatoms. The first-order chi connectivity index (χ1) is 14.7. The third kappa shape index (κ3) is 4.86. The summed E-state index contributed by atoms with van der Waals surface area (Å²) >= 11 is 0. The predicted octanol–water partition coefficient (Wildman–Crippen LogP) is 3.34. The number of pyridine rings is 1. The van der Waals surface area contributed by atoms with Crippen LogP contribution in [0, 0.1) is 13.8 Å². The van der Waals surface area contributed by atoms with E-state index < -0.39 is 21.3 Å². The summed E-state index contributed by atoms with van der Waals surface area (Å²) in [6.07, 6.45) is 0. The molecule has 0 fully saturated rings. The Bertz CT molecular complexity index is 1250. The first-order valence-corrected chi connectivity index (χ1v) is 11.3. The van der Waals surface area contributed by atoms with Crippen LogP contribution in [0.3, 0.4) is 0 Å². The summed E-state index contributed by atoms with van der Waals surface area (Å²) in [5.41, 5.74) is 0.664. The highest BCUT2D eigenvalue weighted by Gasteiger charge is 2.26. The third-order valence-corrected chi connectivity index (χ3v) is 6.65. The van der Waals surface area contributed by atoms with Gasteiger partial charge >= 0.3 is 0 Å². The number of aromatic nitrogens is 1. The molecule has 7 nitrogen and oxygen atoms in total. The molecule has 1 aromatic heterocycles. The molecule has 0 atom stereocenters. The zero-order valence-electron chi connectivity index (χ0n) is 17.6. The molecule has 1 N–H and O–H groups in total. The number of hydrogen-bond acceptors (Lipinski definition) is 5. The van der Waals surface area contributed by atoms with Crippen molar-refractivity contribution < 1.29 is 17.9 Å². The van der Waals surface area contributed by atoms with Crippen molar-refractivity contribution in [2.24, 2.45) is 0 Å². The first-order valence-electron chi connectivity index (χ1n) is 9.78. The Morgan fingerprint density at radius 3 is 2.29 bits per heavy atom. The zero-order chi connectivity index (χ0) is 22.6. The number of benzene rings is 2. The highest BCUT2D eigenvalue weighted by Crippen LogP contribution is 2.21. The number of nitrogens with zero attached hydrogens (tertiary/aromatic N) is 1. The molecule has 0 saturated heterocycles. The van der Waals surface area contributed by atoms with Crippen LogP contribution in [-0.4, -0.2) is 25.5 Å². The number of amides is 1. The van der Waals surface area contributed by atoms with E-state index >= 15 is 0 Å². The van der Waals surface area contributed by atoms with Gasteiger partial charge in [0.25, 0.3) is 5.56 Å². The summed E-state index contributed by atoms with van der Waals surface area (Å²) < 4.78 is 32.7. The van der Waals surface area contributed by atoms with Gasteiger partial charge in [-0.05, 0) is 68.8 Å². The molecule has 0 spiro atoms. The highest BCUT2D eigenvalue weighted by molar-refractivity contribution is 7.91. The molecule has 1 amide bonds. The standard InChI is InChI=1S/C23H24N2O5S/c1-4-30-19-12-10-18(11-13-19)24-21(26)15-25-17(3)14-16(2)22(23(25)27)31(28,29)20-8-6-5-7-9-20/h5-14H,4,15H2,1-3H3,(H,24,26). The van der Waals surface area contributed by atoms with E-state index in [0.29, 0.717) is 29.3 Å². The van der Waals surface area contributed by atoms with Gasteiger partial charge in [0.05, 0.1) is 11.5 Å². The van der Waals surface area contributed by atoms with Gasteiger partial charge in [-0.1, -0.05) is 18.2 Å². The minimum atomic E-state index is -4.02. The molecule has 0 aliphatic rings. The number of carbonyl (C=O) groups is 1. The summed E-state index contributed by atoms with van der Waals surface area (Å²) in [6, 6.07) is 16.2. The molecule has 31 heavy (non-hydrogen) atoms. The summed E-state index contributed by atoms with van der Waals surface area (Å²) in [5, 5.41) is 2.72. The normalized spacial score (nSPS) is 11.2. The maximum atomic E-state index is 13.1. The fraction of sp³-hybridized carbons (Fsp3) is 0.217. The van der Waals surface area contributed by atoms with Gasteiger partial charge in [-0.2, -0.15) is 0 Å². The number of anilines is 1. The van der Waals surface area contributed by atoms with E-state index in [2.05, 4.69) is 5.32 Å². The Balaban J connectivity index is 1.91. The van der Waals surface area contributed by atoms with Crippen LogP contribution < -0.4 is 15.6 Å².